The zero-order valence-electron chi connectivity index (χ0n) is 14.3. The zero-order valence-corrected chi connectivity index (χ0v) is 15.1. The van der Waals surface area contributed by atoms with Gasteiger partial charge in [0.15, 0.2) is 0 Å². The van der Waals surface area contributed by atoms with Crippen LogP contribution in [0.4, 0.5) is 5.69 Å². The number of hydrogen-bond acceptors (Lipinski definition) is 4. The molecule has 3 aromatic rings. The number of fused-ring (bicyclic) bond motifs is 1. The topological polar surface area (TPSA) is 57.8 Å². The monoisotopic (exact) mass is 359 g/mol. The molecule has 26 heavy (non-hydrogen) atoms. The van der Waals surface area contributed by atoms with E-state index in [-0.39, 0.29) is 11.6 Å². The molecule has 1 N–H and O–H groups in total. The van der Waals surface area contributed by atoms with Gasteiger partial charge in [-0.05, 0) is 31.5 Å². The molecule has 0 aliphatic heterocycles. The summed E-state index contributed by atoms with van der Waals surface area (Å²) in [7, 11) is 0. The van der Waals surface area contributed by atoms with Gasteiger partial charge in [-0.15, -0.1) is 11.3 Å². The second-order valence-corrected chi connectivity index (χ2v) is 7.33. The number of para-hydroxylation sites is 1. The molecule has 0 amide bonds. The number of nitriles is 1. The van der Waals surface area contributed by atoms with E-state index in [4.69, 9.17) is 0 Å². The largest absolute Gasteiger partial charge is 0.376 e. The van der Waals surface area contributed by atoms with Gasteiger partial charge >= 0.3 is 0 Å². The average molecular weight is 359 g/mol. The van der Waals surface area contributed by atoms with Gasteiger partial charge in [-0.1, -0.05) is 42.0 Å². The van der Waals surface area contributed by atoms with E-state index in [1.165, 1.54) is 16.9 Å². The molecule has 0 bridgehead atoms. The summed E-state index contributed by atoms with van der Waals surface area (Å²) in [5, 5.41) is 14.0. The molecule has 1 aromatic carbocycles. The predicted molar refractivity (Wildman–Crippen MR) is 107 cm³/mol. The maximum atomic E-state index is 12.5. The van der Waals surface area contributed by atoms with E-state index in [1.807, 2.05) is 42.5 Å². The van der Waals surface area contributed by atoms with Gasteiger partial charge in [0.05, 0.1) is 11.4 Å². The first-order valence-corrected chi connectivity index (χ1v) is 9.23. The highest BCUT2D eigenvalue weighted by atomic mass is 32.1. The molecule has 1 aliphatic rings. The molecule has 5 heteroatoms. The Hall–Kier alpha value is -3.10. The number of allylic oxidation sites excluding steroid dienone is 2. The van der Waals surface area contributed by atoms with E-state index in [2.05, 4.69) is 30.5 Å². The van der Waals surface area contributed by atoms with Crippen molar-refractivity contribution in [1.29, 1.82) is 5.26 Å². The summed E-state index contributed by atoms with van der Waals surface area (Å²) in [6.07, 6.45) is 7.14. The molecule has 0 saturated carbocycles. The average Bonchev–Trinajstić information content (AvgIpc) is 3.00. The number of nitrogens with one attached hydrogen (secondary N) is 1. The fourth-order valence-electron chi connectivity index (χ4n) is 3.25. The molecule has 2 heterocycles. The van der Waals surface area contributed by atoms with E-state index < -0.39 is 0 Å². The molecule has 4 rings (SSSR count). The minimum absolute atomic E-state index is 0.0997. The van der Waals surface area contributed by atoms with Gasteiger partial charge in [-0.2, -0.15) is 5.26 Å². The smallest absolute Gasteiger partial charge is 0.256 e. The predicted octanol–water partition coefficient (Wildman–Crippen LogP) is 4.61. The highest BCUT2D eigenvalue weighted by Gasteiger charge is 2.19. The Kier molecular flexibility index (Phi) is 4.19. The third kappa shape index (κ3) is 2.85. The summed E-state index contributed by atoms with van der Waals surface area (Å²) in [5.41, 5.74) is 2.81. The standard InChI is InChI=1S/C21H17N3OS/c1-14-6-5-7-15(12-14)23-20-17-10-11-19(25)24(16-8-3-2-4-9-16)21(17)26-18(20)13-22/h2-11,15,23H,12H2,1H3. The number of nitrogens with zero attached hydrogens (tertiary/aromatic N) is 2. The SMILES string of the molecule is CC1=CC=CC(Nc2c(C#N)sc3c2ccc(=O)n3-c2ccccc2)C1. The van der Waals surface area contributed by atoms with Crippen molar-refractivity contribution >= 4 is 27.2 Å². The summed E-state index contributed by atoms with van der Waals surface area (Å²) in [4.78, 5) is 13.9. The van der Waals surface area contributed by atoms with Crippen LogP contribution in [0, 0.1) is 11.3 Å². The lowest BCUT2D eigenvalue weighted by Crippen LogP contribution is -2.19. The van der Waals surface area contributed by atoms with Gasteiger partial charge in [0, 0.05) is 17.5 Å². The van der Waals surface area contributed by atoms with Crippen LogP contribution in [0.1, 0.15) is 18.2 Å². The third-order valence-electron chi connectivity index (χ3n) is 4.45. The normalized spacial score (nSPS) is 16.3. The molecular weight excluding hydrogens is 342 g/mol. The minimum atomic E-state index is -0.0997. The van der Waals surface area contributed by atoms with Crippen molar-refractivity contribution in [1.82, 2.24) is 4.57 Å². The fourth-order valence-corrected chi connectivity index (χ4v) is 4.32. The van der Waals surface area contributed by atoms with Crippen molar-refractivity contribution in [3.8, 4) is 11.8 Å². The van der Waals surface area contributed by atoms with Crippen LogP contribution in [0.5, 0.6) is 0 Å². The van der Waals surface area contributed by atoms with Crippen molar-refractivity contribution in [3.05, 3.63) is 81.5 Å². The van der Waals surface area contributed by atoms with E-state index >= 15 is 0 Å². The highest BCUT2D eigenvalue weighted by molar-refractivity contribution is 7.20. The Labute approximate surface area is 155 Å². The second kappa shape index (κ2) is 6.66. The molecule has 2 aromatic heterocycles. The van der Waals surface area contributed by atoms with Crippen molar-refractivity contribution < 1.29 is 0 Å². The van der Waals surface area contributed by atoms with Gasteiger partial charge in [0.2, 0.25) is 0 Å². The lowest BCUT2D eigenvalue weighted by Gasteiger charge is -2.19. The molecule has 1 atom stereocenters. The summed E-state index contributed by atoms with van der Waals surface area (Å²) >= 11 is 1.35. The molecule has 0 saturated heterocycles. The van der Waals surface area contributed by atoms with Gasteiger partial charge in [0.25, 0.3) is 5.56 Å². The number of pyridine rings is 1. The summed E-state index contributed by atoms with van der Waals surface area (Å²) in [5.74, 6) is 0. The fraction of sp³-hybridized carbons (Fsp3) is 0.143. The molecule has 1 unspecified atom stereocenters. The van der Waals surface area contributed by atoms with Crippen LogP contribution in [0.25, 0.3) is 15.9 Å². The van der Waals surface area contributed by atoms with Crippen LogP contribution < -0.4 is 10.9 Å². The van der Waals surface area contributed by atoms with E-state index in [9.17, 15) is 10.1 Å². The van der Waals surface area contributed by atoms with Crippen molar-refractivity contribution in [3.63, 3.8) is 0 Å². The van der Waals surface area contributed by atoms with Crippen LogP contribution in [0.3, 0.4) is 0 Å². The Morgan fingerprint density at radius 1 is 1.23 bits per heavy atom. The molecule has 0 spiro atoms. The maximum Gasteiger partial charge on any atom is 0.256 e. The van der Waals surface area contributed by atoms with Gasteiger partial charge < -0.3 is 5.32 Å². The van der Waals surface area contributed by atoms with Crippen LogP contribution in [-0.4, -0.2) is 10.6 Å². The first-order chi connectivity index (χ1) is 12.7. The van der Waals surface area contributed by atoms with Crippen LogP contribution in [0.2, 0.25) is 0 Å². The van der Waals surface area contributed by atoms with Gasteiger partial charge in [-0.25, -0.2) is 0 Å². The van der Waals surface area contributed by atoms with Crippen molar-refractivity contribution in [2.24, 2.45) is 0 Å². The summed E-state index contributed by atoms with van der Waals surface area (Å²) in [6.45, 7) is 2.10. The quantitative estimate of drug-likeness (QED) is 0.743. The number of benzene rings is 1. The van der Waals surface area contributed by atoms with Gasteiger partial charge in [-0.3, -0.25) is 9.36 Å². The number of aromatic nitrogens is 1. The maximum absolute atomic E-state index is 12.5. The first-order valence-electron chi connectivity index (χ1n) is 8.42. The van der Waals surface area contributed by atoms with E-state index in [0.717, 1.165) is 28.0 Å². The van der Waals surface area contributed by atoms with Crippen molar-refractivity contribution in [2.45, 2.75) is 19.4 Å². The molecule has 128 valence electrons. The van der Waals surface area contributed by atoms with Crippen molar-refractivity contribution in [2.75, 3.05) is 5.32 Å². The number of anilines is 1. The molecule has 0 radical (unpaired) electrons. The van der Waals surface area contributed by atoms with Crippen LogP contribution in [-0.2, 0) is 0 Å². The molecular formula is C21H17N3OS. The molecule has 4 nitrogen and oxygen atoms in total. The summed E-state index contributed by atoms with van der Waals surface area (Å²) < 4.78 is 1.67. The van der Waals surface area contributed by atoms with E-state index in [1.54, 1.807) is 10.6 Å². The number of thiophene rings is 1. The Morgan fingerprint density at radius 2 is 2.04 bits per heavy atom. The third-order valence-corrected chi connectivity index (χ3v) is 5.55. The molecule has 0 fully saturated rings. The highest BCUT2D eigenvalue weighted by Crippen LogP contribution is 2.36. The zero-order chi connectivity index (χ0) is 18.1. The summed E-state index contributed by atoms with van der Waals surface area (Å²) in [6, 6.07) is 15.3. The lowest BCUT2D eigenvalue weighted by atomic mass is 10.0. The van der Waals surface area contributed by atoms with Crippen LogP contribution in [0.15, 0.2) is 71.1 Å². The van der Waals surface area contributed by atoms with Gasteiger partial charge in [0.1, 0.15) is 15.8 Å². The minimum Gasteiger partial charge on any atom is -0.376 e. The number of hydrogen-bond donors (Lipinski definition) is 1. The first kappa shape index (κ1) is 16.4. The Morgan fingerprint density at radius 3 is 2.77 bits per heavy atom. The Balaban J connectivity index is 1.87. The second-order valence-electron chi connectivity index (χ2n) is 6.33. The van der Waals surface area contributed by atoms with Crippen LogP contribution >= 0.6 is 11.3 Å². The lowest BCUT2D eigenvalue weighted by molar-refractivity contribution is 0.842. The number of rotatable bonds is 3. The van der Waals surface area contributed by atoms with E-state index in [0.29, 0.717) is 4.88 Å². The Bertz CT molecular complexity index is 1130. The molecule has 1 aliphatic carbocycles.